The van der Waals surface area contributed by atoms with Gasteiger partial charge >= 0.3 is 0 Å². The van der Waals surface area contributed by atoms with Crippen molar-refractivity contribution in [2.24, 2.45) is 0 Å². The van der Waals surface area contributed by atoms with E-state index in [1.165, 1.54) is 6.92 Å². The monoisotopic (exact) mass is 388 g/mol. The molecule has 2 aromatic rings. The summed E-state index contributed by atoms with van der Waals surface area (Å²) >= 11 is 0. The van der Waals surface area contributed by atoms with E-state index in [4.69, 9.17) is 0 Å². The second-order valence-corrected chi connectivity index (χ2v) is 8.55. The van der Waals surface area contributed by atoms with E-state index in [1.54, 1.807) is 23.1 Å². The summed E-state index contributed by atoms with van der Waals surface area (Å²) in [6.07, 6.45) is 0. The minimum absolute atomic E-state index is 0.00929. The first-order valence-corrected chi connectivity index (χ1v) is 10.5. The van der Waals surface area contributed by atoms with Crippen molar-refractivity contribution in [3.63, 3.8) is 0 Å². The summed E-state index contributed by atoms with van der Waals surface area (Å²) in [6, 6.07) is 9.18. The van der Waals surface area contributed by atoms with Gasteiger partial charge in [-0.15, -0.1) is 0 Å². The number of hydrogen-bond acceptors (Lipinski definition) is 3. The Labute approximate surface area is 162 Å². The van der Waals surface area contributed by atoms with Crippen LogP contribution in [0.5, 0.6) is 0 Å². The molecule has 1 amide bonds. The first-order chi connectivity index (χ1) is 12.6. The topological polar surface area (TPSA) is 66.5 Å². The third-order valence-corrected chi connectivity index (χ3v) is 6.60. The van der Waals surface area contributed by atoms with Crippen LogP contribution in [0.1, 0.15) is 41.7 Å². The van der Waals surface area contributed by atoms with Crippen molar-refractivity contribution in [1.82, 2.24) is 4.90 Å². The number of hydrogen-bond donors (Lipinski definition) is 1. The van der Waals surface area contributed by atoms with Gasteiger partial charge in [0, 0.05) is 25.7 Å². The summed E-state index contributed by atoms with van der Waals surface area (Å²) in [5.41, 5.74) is 4.79. The van der Waals surface area contributed by atoms with Gasteiger partial charge in [-0.3, -0.25) is 9.52 Å². The van der Waals surface area contributed by atoms with Crippen LogP contribution in [-0.2, 0) is 21.4 Å². The number of nitrogens with one attached hydrogen (secondary N) is 1. The van der Waals surface area contributed by atoms with E-state index >= 15 is 0 Å². The van der Waals surface area contributed by atoms with Crippen LogP contribution in [0.2, 0.25) is 0 Å². The molecule has 0 heterocycles. The molecule has 2 aromatic carbocycles. The third kappa shape index (κ3) is 4.69. The summed E-state index contributed by atoms with van der Waals surface area (Å²) in [5.74, 6) is -0.00929. The summed E-state index contributed by atoms with van der Waals surface area (Å²) < 4.78 is 28.8. The number of benzene rings is 2. The summed E-state index contributed by atoms with van der Waals surface area (Å²) in [5, 5.41) is 0. The first kappa shape index (κ1) is 21.0. The lowest BCUT2D eigenvalue weighted by Gasteiger charge is -2.20. The standard InChI is InChI=1S/C21H28N2O3S/c1-7-23(18(6)24)13-19-9-8-10-20(12-19)22-27(25,26)21-16(4)14(2)11-15(3)17(21)5/h8-12,22H,7,13H2,1-6H3. The maximum absolute atomic E-state index is 13.1. The van der Waals surface area contributed by atoms with Crippen LogP contribution >= 0.6 is 0 Å². The average molecular weight is 389 g/mol. The molecule has 1 N–H and O–H groups in total. The summed E-state index contributed by atoms with van der Waals surface area (Å²) in [6.45, 7) is 12.0. The van der Waals surface area contributed by atoms with Crippen molar-refractivity contribution in [3.05, 3.63) is 58.1 Å². The fourth-order valence-electron chi connectivity index (χ4n) is 3.19. The molecule has 0 saturated carbocycles. The first-order valence-electron chi connectivity index (χ1n) is 9.01. The van der Waals surface area contributed by atoms with E-state index in [9.17, 15) is 13.2 Å². The lowest BCUT2D eigenvalue weighted by molar-refractivity contribution is -0.129. The van der Waals surface area contributed by atoms with Gasteiger partial charge in [-0.05, 0) is 74.6 Å². The zero-order valence-corrected chi connectivity index (χ0v) is 17.7. The van der Waals surface area contributed by atoms with Crippen molar-refractivity contribution >= 4 is 21.6 Å². The van der Waals surface area contributed by atoms with Gasteiger partial charge in [-0.25, -0.2) is 8.42 Å². The number of carbonyl (C=O) groups excluding carboxylic acids is 1. The SMILES string of the molecule is CCN(Cc1cccc(NS(=O)(=O)c2c(C)c(C)cc(C)c2C)c1)C(C)=O. The van der Waals surface area contributed by atoms with E-state index in [0.717, 1.165) is 27.8 Å². The van der Waals surface area contributed by atoms with Crippen LogP contribution < -0.4 is 4.72 Å². The molecule has 0 fully saturated rings. The molecular formula is C21H28N2O3S. The molecule has 146 valence electrons. The predicted molar refractivity (Wildman–Crippen MR) is 109 cm³/mol. The predicted octanol–water partition coefficient (Wildman–Crippen LogP) is 4.09. The molecule has 0 spiro atoms. The molecule has 0 aromatic heterocycles. The number of amides is 1. The second kappa shape index (κ2) is 8.13. The highest BCUT2D eigenvalue weighted by atomic mass is 32.2. The Kier molecular flexibility index (Phi) is 6.31. The minimum Gasteiger partial charge on any atom is -0.339 e. The van der Waals surface area contributed by atoms with Crippen molar-refractivity contribution in [2.75, 3.05) is 11.3 Å². The van der Waals surface area contributed by atoms with Crippen molar-refractivity contribution in [1.29, 1.82) is 0 Å². The van der Waals surface area contributed by atoms with Gasteiger partial charge in [0.15, 0.2) is 0 Å². The quantitative estimate of drug-likeness (QED) is 0.810. The molecule has 0 unspecified atom stereocenters. The van der Waals surface area contributed by atoms with Crippen LogP contribution in [0.25, 0.3) is 0 Å². The summed E-state index contributed by atoms with van der Waals surface area (Å²) in [7, 11) is -3.72. The fourth-order valence-corrected chi connectivity index (χ4v) is 4.86. The zero-order chi connectivity index (χ0) is 20.4. The lowest BCUT2D eigenvalue weighted by atomic mass is 10.0. The Bertz CT molecular complexity index is 939. The molecule has 0 atom stereocenters. The molecule has 0 radical (unpaired) electrons. The molecule has 0 aliphatic carbocycles. The van der Waals surface area contributed by atoms with Gasteiger partial charge in [0.2, 0.25) is 5.91 Å². The average Bonchev–Trinajstić information content (AvgIpc) is 2.57. The lowest BCUT2D eigenvalue weighted by Crippen LogP contribution is -2.27. The number of carbonyl (C=O) groups is 1. The molecule has 0 aliphatic heterocycles. The second-order valence-electron chi connectivity index (χ2n) is 6.93. The highest BCUT2D eigenvalue weighted by Gasteiger charge is 2.22. The van der Waals surface area contributed by atoms with Crippen LogP contribution in [0.3, 0.4) is 0 Å². The van der Waals surface area contributed by atoms with Gasteiger partial charge in [0.1, 0.15) is 0 Å². The van der Waals surface area contributed by atoms with E-state index in [1.807, 2.05) is 46.8 Å². The number of rotatable bonds is 6. The largest absolute Gasteiger partial charge is 0.339 e. The van der Waals surface area contributed by atoms with Crippen molar-refractivity contribution in [2.45, 2.75) is 53.0 Å². The number of nitrogens with zero attached hydrogens (tertiary/aromatic N) is 1. The van der Waals surface area contributed by atoms with Gasteiger partial charge in [-0.1, -0.05) is 18.2 Å². The van der Waals surface area contributed by atoms with Crippen LogP contribution in [0, 0.1) is 27.7 Å². The molecular weight excluding hydrogens is 360 g/mol. The highest BCUT2D eigenvalue weighted by Crippen LogP contribution is 2.28. The Morgan fingerprint density at radius 2 is 1.63 bits per heavy atom. The van der Waals surface area contributed by atoms with Crippen LogP contribution in [-0.4, -0.2) is 25.8 Å². The van der Waals surface area contributed by atoms with Gasteiger partial charge in [0.25, 0.3) is 10.0 Å². The third-order valence-electron chi connectivity index (χ3n) is 4.95. The fraction of sp³-hybridized carbons (Fsp3) is 0.381. The van der Waals surface area contributed by atoms with Gasteiger partial charge < -0.3 is 4.90 Å². The van der Waals surface area contributed by atoms with Crippen molar-refractivity contribution < 1.29 is 13.2 Å². The van der Waals surface area contributed by atoms with Crippen molar-refractivity contribution in [3.8, 4) is 0 Å². The van der Waals surface area contributed by atoms with Crippen LogP contribution in [0.4, 0.5) is 5.69 Å². The molecule has 0 saturated heterocycles. The molecule has 5 nitrogen and oxygen atoms in total. The smallest absolute Gasteiger partial charge is 0.262 e. The number of aryl methyl sites for hydroxylation is 2. The van der Waals surface area contributed by atoms with Gasteiger partial charge in [-0.2, -0.15) is 0 Å². The maximum Gasteiger partial charge on any atom is 0.262 e. The molecule has 6 heteroatoms. The number of sulfonamides is 1. The maximum atomic E-state index is 13.1. The van der Waals surface area contributed by atoms with Crippen LogP contribution in [0.15, 0.2) is 35.2 Å². The van der Waals surface area contributed by atoms with E-state index < -0.39 is 10.0 Å². The zero-order valence-electron chi connectivity index (χ0n) is 16.9. The normalized spacial score (nSPS) is 11.3. The van der Waals surface area contributed by atoms with E-state index in [0.29, 0.717) is 23.7 Å². The Morgan fingerprint density at radius 3 is 2.15 bits per heavy atom. The minimum atomic E-state index is -3.72. The van der Waals surface area contributed by atoms with E-state index in [2.05, 4.69) is 4.72 Å². The molecule has 0 bridgehead atoms. The molecule has 2 rings (SSSR count). The Balaban J connectivity index is 2.37. The van der Waals surface area contributed by atoms with E-state index in [-0.39, 0.29) is 5.91 Å². The Morgan fingerprint density at radius 1 is 1.04 bits per heavy atom. The summed E-state index contributed by atoms with van der Waals surface area (Å²) in [4.78, 5) is 13.7. The molecule has 27 heavy (non-hydrogen) atoms. The highest BCUT2D eigenvalue weighted by molar-refractivity contribution is 7.92. The Hall–Kier alpha value is -2.34. The molecule has 0 aliphatic rings. The van der Waals surface area contributed by atoms with Gasteiger partial charge in [0.05, 0.1) is 4.90 Å². The number of anilines is 1.